The Bertz CT molecular complexity index is 433. The van der Waals surface area contributed by atoms with E-state index < -0.39 is 0 Å². The monoisotopic (exact) mass is 509 g/mol. The molecule has 0 amide bonds. The molecule has 0 aliphatic rings. The van der Waals surface area contributed by atoms with Crippen LogP contribution < -0.4 is 0 Å². The molecule has 36 heavy (non-hydrogen) atoms. The fourth-order valence-electron chi connectivity index (χ4n) is 5.44. The second kappa shape index (κ2) is 29.0. The fourth-order valence-corrected chi connectivity index (χ4v) is 5.44. The van der Waals surface area contributed by atoms with Crippen molar-refractivity contribution in [1.29, 1.82) is 0 Å². The van der Waals surface area contributed by atoms with Gasteiger partial charge in [-0.25, -0.2) is 0 Å². The summed E-state index contributed by atoms with van der Waals surface area (Å²) in [6.07, 6.45) is 34.3. The first-order valence-corrected chi connectivity index (χ1v) is 16.8. The van der Waals surface area contributed by atoms with Gasteiger partial charge in [0.1, 0.15) is 0 Å². The molecule has 0 aromatic carbocycles. The summed E-state index contributed by atoms with van der Waals surface area (Å²) < 4.78 is 5.78. The molecule has 0 fully saturated rings. The molecular formula is C34H68O2. The molecule has 0 aromatic heterocycles. The van der Waals surface area contributed by atoms with Crippen LogP contribution in [-0.2, 0) is 9.53 Å². The Hall–Kier alpha value is -0.530. The number of ether oxygens (including phenoxy) is 1. The average Bonchev–Trinajstić information content (AvgIpc) is 2.88. The van der Waals surface area contributed by atoms with Crippen molar-refractivity contribution < 1.29 is 9.53 Å². The second-order valence-electron chi connectivity index (χ2n) is 11.8. The van der Waals surface area contributed by atoms with Crippen LogP contribution in [0.5, 0.6) is 0 Å². The SMILES string of the molecule is CCCCCCCCCCCCCCCCC(C(=O)OCCCCCCCCCC)C(C)CCCC. The molecule has 0 N–H and O–H groups in total. The second-order valence-corrected chi connectivity index (χ2v) is 11.8. The molecule has 0 aromatic rings. The highest BCUT2D eigenvalue weighted by Gasteiger charge is 2.25. The zero-order valence-electron chi connectivity index (χ0n) is 25.6. The van der Waals surface area contributed by atoms with Gasteiger partial charge < -0.3 is 4.74 Å². The van der Waals surface area contributed by atoms with E-state index in [4.69, 9.17) is 4.74 Å². The highest BCUT2D eigenvalue weighted by molar-refractivity contribution is 5.72. The summed E-state index contributed by atoms with van der Waals surface area (Å²) in [6, 6.07) is 0. The van der Waals surface area contributed by atoms with Gasteiger partial charge in [0.25, 0.3) is 0 Å². The normalized spacial score (nSPS) is 13.1. The highest BCUT2D eigenvalue weighted by Crippen LogP contribution is 2.26. The minimum atomic E-state index is 0.0937. The van der Waals surface area contributed by atoms with E-state index in [0.29, 0.717) is 12.5 Å². The molecule has 0 heterocycles. The van der Waals surface area contributed by atoms with E-state index in [1.54, 1.807) is 0 Å². The number of carbonyl (C=O) groups excluding carboxylic acids is 1. The Balaban J connectivity index is 3.89. The van der Waals surface area contributed by atoms with Crippen molar-refractivity contribution >= 4 is 5.97 Å². The summed E-state index contributed by atoms with van der Waals surface area (Å²) >= 11 is 0. The predicted octanol–water partition coefficient (Wildman–Crippen LogP) is 12.0. The summed E-state index contributed by atoms with van der Waals surface area (Å²) in [4.78, 5) is 12.9. The summed E-state index contributed by atoms with van der Waals surface area (Å²) in [7, 11) is 0. The molecule has 2 heteroatoms. The minimum Gasteiger partial charge on any atom is -0.465 e. The van der Waals surface area contributed by atoms with Crippen LogP contribution in [0.2, 0.25) is 0 Å². The number of rotatable bonds is 29. The first-order valence-electron chi connectivity index (χ1n) is 16.8. The zero-order valence-corrected chi connectivity index (χ0v) is 25.6. The van der Waals surface area contributed by atoms with E-state index in [2.05, 4.69) is 27.7 Å². The minimum absolute atomic E-state index is 0.0937. The van der Waals surface area contributed by atoms with Crippen LogP contribution in [0.15, 0.2) is 0 Å². The van der Waals surface area contributed by atoms with Gasteiger partial charge in [-0.15, -0.1) is 0 Å². The molecule has 2 nitrogen and oxygen atoms in total. The van der Waals surface area contributed by atoms with Crippen LogP contribution in [0, 0.1) is 11.8 Å². The summed E-state index contributed by atoms with van der Waals surface area (Å²) in [6.45, 7) is 9.71. The molecule has 0 bridgehead atoms. The summed E-state index contributed by atoms with van der Waals surface area (Å²) in [5, 5.41) is 0. The molecule has 2 atom stereocenters. The predicted molar refractivity (Wildman–Crippen MR) is 161 cm³/mol. The third-order valence-electron chi connectivity index (χ3n) is 8.11. The molecule has 0 aliphatic heterocycles. The van der Waals surface area contributed by atoms with Crippen LogP contribution in [0.3, 0.4) is 0 Å². The van der Waals surface area contributed by atoms with Gasteiger partial charge in [-0.1, -0.05) is 175 Å². The van der Waals surface area contributed by atoms with E-state index in [9.17, 15) is 4.79 Å². The molecule has 0 rings (SSSR count). The van der Waals surface area contributed by atoms with Crippen LogP contribution in [0.1, 0.15) is 195 Å². The van der Waals surface area contributed by atoms with Gasteiger partial charge >= 0.3 is 5.97 Å². The Morgan fingerprint density at radius 1 is 0.472 bits per heavy atom. The Morgan fingerprint density at radius 3 is 1.25 bits per heavy atom. The summed E-state index contributed by atoms with van der Waals surface area (Å²) in [5.74, 6) is 0.664. The Morgan fingerprint density at radius 2 is 0.833 bits per heavy atom. The lowest BCUT2D eigenvalue weighted by Crippen LogP contribution is -2.25. The third kappa shape index (κ3) is 23.8. The van der Waals surface area contributed by atoms with Crippen LogP contribution >= 0.6 is 0 Å². The number of esters is 1. The van der Waals surface area contributed by atoms with Crippen molar-refractivity contribution in [2.24, 2.45) is 11.8 Å². The number of hydrogen-bond donors (Lipinski definition) is 0. The molecule has 2 unspecified atom stereocenters. The lowest BCUT2D eigenvalue weighted by molar-refractivity contribution is -0.151. The van der Waals surface area contributed by atoms with Crippen molar-refractivity contribution in [3.63, 3.8) is 0 Å². The van der Waals surface area contributed by atoms with E-state index in [-0.39, 0.29) is 11.9 Å². The number of hydrogen-bond acceptors (Lipinski definition) is 2. The van der Waals surface area contributed by atoms with Crippen LogP contribution in [0.4, 0.5) is 0 Å². The van der Waals surface area contributed by atoms with Gasteiger partial charge in [0.2, 0.25) is 0 Å². The topological polar surface area (TPSA) is 26.3 Å². The Kier molecular flexibility index (Phi) is 28.6. The molecule has 216 valence electrons. The van der Waals surface area contributed by atoms with Crippen molar-refractivity contribution in [2.45, 2.75) is 195 Å². The number of carbonyl (C=O) groups is 1. The van der Waals surface area contributed by atoms with E-state index in [1.807, 2.05) is 0 Å². The maximum absolute atomic E-state index is 12.9. The first-order chi connectivity index (χ1) is 17.7. The third-order valence-corrected chi connectivity index (χ3v) is 8.11. The highest BCUT2D eigenvalue weighted by atomic mass is 16.5. The van der Waals surface area contributed by atoms with Crippen LogP contribution in [0.25, 0.3) is 0 Å². The molecule has 0 saturated heterocycles. The molecule has 0 saturated carbocycles. The van der Waals surface area contributed by atoms with Crippen molar-refractivity contribution in [2.75, 3.05) is 6.61 Å². The van der Waals surface area contributed by atoms with Gasteiger partial charge in [0, 0.05) is 0 Å². The maximum atomic E-state index is 12.9. The molecule has 0 spiro atoms. The lowest BCUT2D eigenvalue weighted by Gasteiger charge is -2.22. The van der Waals surface area contributed by atoms with Crippen molar-refractivity contribution in [3.8, 4) is 0 Å². The van der Waals surface area contributed by atoms with E-state index >= 15 is 0 Å². The quantitative estimate of drug-likeness (QED) is 0.0741. The largest absolute Gasteiger partial charge is 0.465 e. The fraction of sp³-hybridized carbons (Fsp3) is 0.971. The van der Waals surface area contributed by atoms with Gasteiger partial charge in [-0.2, -0.15) is 0 Å². The standard InChI is InChI=1S/C34H68O2/c1-5-8-11-13-15-17-18-19-20-21-22-23-25-27-30-33(32(4)29-10-7-3)34(35)36-31-28-26-24-16-14-12-9-6-2/h32-33H,5-31H2,1-4H3. The maximum Gasteiger partial charge on any atom is 0.309 e. The molecule has 0 aliphatic carbocycles. The summed E-state index contributed by atoms with van der Waals surface area (Å²) in [5.41, 5.74) is 0. The molecular weight excluding hydrogens is 440 g/mol. The van der Waals surface area contributed by atoms with Gasteiger partial charge in [0.05, 0.1) is 12.5 Å². The van der Waals surface area contributed by atoms with Gasteiger partial charge in [-0.05, 0) is 25.2 Å². The van der Waals surface area contributed by atoms with E-state index in [0.717, 1.165) is 19.3 Å². The van der Waals surface area contributed by atoms with Crippen LogP contribution in [-0.4, -0.2) is 12.6 Å². The zero-order chi connectivity index (χ0) is 26.5. The van der Waals surface area contributed by atoms with Gasteiger partial charge in [-0.3, -0.25) is 4.79 Å². The van der Waals surface area contributed by atoms with E-state index in [1.165, 1.54) is 148 Å². The lowest BCUT2D eigenvalue weighted by atomic mass is 9.85. The first kappa shape index (κ1) is 35.5. The number of unbranched alkanes of at least 4 members (excludes halogenated alkanes) is 21. The average molecular weight is 509 g/mol. The van der Waals surface area contributed by atoms with Gasteiger partial charge in [0.15, 0.2) is 0 Å². The Labute approximate surface area is 228 Å². The van der Waals surface area contributed by atoms with Crippen molar-refractivity contribution in [1.82, 2.24) is 0 Å². The van der Waals surface area contributed by atoms with Crippen molar-refractivity contribution in [3.05, 3.63) is 0 Å². The molecule has 0 radical (unpaired) electrons. The smallest absolute Gasteiger partial charge is 0.309 e.